The van der Waals surface area contributed by atoms with Gasteiger partial charge in [-0.25, -0.2) is 0 Å². The first-order valence-electron chi connectivity index (χ1n) is 8.88. The van der Waals surface area contributed by atoms with Crippen LogP contribution in [0, 0.1) is 0 Å². The van der Waals surface area contributed by atoms with Gasteiger partial charge in [-0.15, -0.1) is 0 Å². The Labute approximate surface area is 167 Å². The minimum atomic E-state index is -0.440. The van der Waals surface area contributed by atoms with Crippen molar-refractivity contribution in [3.63, 3.8) is 0 Å². The largest absolute Gasteiger partial charge is 0.493 e. The Kier molecular flexibility index (Phi) is 6.13. The molecular formula is C21H21N3O5. The first-order chi connectivity index (χ1) is 14.0. The maximum Gasteiger partial charge on any atom is 0.258 e. The van der Waals surface area contributed by atoms with Crippen LogP contribution in [0.2, 0.25) is 0 Å². The lowest BCUT2D eigenvalue weighted by Crippen LogP contribution is -2.37. The molecule has 3 aromatic rings. The molecule has 0 radical (unpaired) electrons. The molecule has 2 N–H and O–H groups in total. The summed E-state index contributed by atoms with van der Waals surface area (Å²) in [6.07, 6.45) is 1.56. The lowest BCUT2D eigenvalue weighted by Gasteiger charge is -2.11. The molecule has 0 bridgehead atoms. The third-order valence-corrected chi connectivity index (χ3v) is 4.31. The number of nitrogens with one attached hydrogen (secondary N) is 2. The van der Waals surface area contributed by atoms with Gasteiger partial charge in [0, 0.05) is 23.3 Å². The van der Waals surface area contributed by atoms with Crippen molar-refractivity contribution in [3.8, 4) is 11.5 Å². The number of nitrogens with zero attached hydrogens (tertiary/aromatic N) is 1. The normalized spacial score (nSPS) is 10.4. The topological polar surface area (TPSA) is 98.7 Å². The van der Waals surface area contributed by atoms with Gasteiger partial charge in [0.2, 0.25) is 11.8 Å². The van der Waals surface area contributed by atoms with Gasteiger partial charge in [0.1, 0.15) is 6.54 Å². The number of amides is 2. The van der Waals surface area contributed by atoms with Crippen molar-refractivity contribution in [1.29, 1.82) is 0 Å². The monoisotopic (exact) mass is 395 g/mol. The molecule has 1 aromatic heterocycles. The first-order valence-corrected chi connectivity index (χ1v) is 8.88. The van der Waals surface area contributed by atoms with Crippen LogP contribution in [0.4, 0.5) is 5.69 Å². The van der Waals surface area contributed by atoms with E-state index in [1.165, 1.54) is 18.8 Å². The van der Waals surface area contributed by atoms with Gasteiger partial charge in [-0.3, -0.25) is 14.4 Å². The van der Waals surface area contributed by atoms with Crippen LogP contribution < -0.4 is 25.7 Å². The van der Waals surface area contributed by atoms with Crippen LogP contribution in [-0.2, 0) is 16.1 Å². The number of hydrogen-bond acceptors (Lipinski definition) is 5. The second-order valence-electron chi connectivity index (χ2n) is 6.23. The summed E-state index contributed by atoms with van der Waals surface area (Å²) < 4.78 is 11.6. The molecule has 0 fully saturated rings. The highest BCUT2D eigenvalue weighted by Crippen LogP contribution is 2.29. The molecule has 0 saturated carbocycles. The molecule has 0 aliphatic rings. The molecule has 8 heteroatoms. The molecule has 0 atom stereocenters. The number of fused-ring (bicyclic) bond motifs is 1. The number of anilines is 1. The average molecular weight is 395 g/mol. The van der Waals surface area contributed by atoms with Gasteiger partial charge in [0.15, 0.2) is 11.5 Å². The van der Waals surface area contributed by atoms with Crippen LogP contribution in [0.15, 0.2) is 59.5 Å². The highest BCUT2D eigenvalue weighted by Gasteiger charge is 2.10. The molecule has 3 rings (SSSR count). The molecule has 29 heavy (non-hydrogen) atoms. The molecule has 0 saturated heterocycles. The van der Waals surface area contributed by atoms with Crippen molar-refractivity contribution in [2.75, 3.05) is 26.1 Å². The summed E-state index contributed by atoms with van der Waals surface area (Å²) in [6, 6.07) is 13.9. The lowest BCUT2D eigenvalue weighted by atomic mass is 10.2. The Morgan fingerprint density at radius 3 is 2.48 bits per heavy atom. The Morgan fingerprint density at radius 2 is 1.72 bits per heavy atom. The van der Waals surface area contributed by atoms with E-state index in [0.717, 1.165) is 5.39 Å². The van der Waals surface area contributed by atoms with Gasteiger partial charge in [0.05, 0.1) is 20.8 Å². The molecule has 1 heterocycles. The van der Waals surface area contributed by atoms with Crippen molar-refractivity contribution < 1.29 is 19.1 Å². The van der Waals surface area contributed by atoms with E-state index in [1.54, 1.807) is 42.6 Å². The molecule has 150 valence electrons. The SMILES string of the molecule is COc1ccc(NC(=O)CNC(=O)Cn2ccc3ccccc3c2=O)cc1OC. The van der Waals surface area contributed by atoms with Gasteiger partial charge in [-0.1, -0.05) is 18.2 Å². The number of aromatic nitrogens is 1. The second kappa shape index (κ2) is 8.92. The number of ether oxygens (including phenoxy) is 2. The molecule has 8 nitrogen and oxygen atoms in total. The Bertz CT molecular complexity index is 1110. The van der Waals surface area contributed by atoms with E-state index >= 15 is 0 Å². The van der Waals surface area contributed by atoms with Crippen LogP contribution in [0.3, 0.4) is 0 Å². The quantitative estimate of drug-likeness (QED) is 0.635. The second-order valence-corrected chi connectivity index (χ2v) is 6.23. The summed E-state index contributed by atoms with van der Waals surface area (Å²) >= 11 is 0. The third-order valence-electron chi connectivity index (χ3n) is 4.31. The fraction of sp³-hybridized carbons (Fsp3) is 0.190. The zero-order valence-electron chi connectivity index (χ0n) is 16.1. The number of rotatable bonds is 7. The number of hydrogen-bond donors (Lipinski definition) is 2. The van der Waals surface area contributed by atoms with Crippen LogP contribution in [0.25, 0.3) is 10.8 Å². The fourth-order valence-electron chi connectivity index (χ4n) is 2.86. The van der Waals surface area contributed by atoms with E-state index in [1.807, 2.05) is 12.1 Å². The van der Waals surface area contributed by atoms with Crippen molar-refractivity contribution >= 4 is 28.3 Å². The summed E-state index contributed by atoms with van der Waals surface area (Å²) in [4.78, 5) is 36.7. The summed E-state index contributed by atoms with van der Waals surface area (Å²) in [5.74, 6) is 0.172. The summed E-state index contributed by atoms with van der Waals surface area (Å²) in [5, 5.41) is 6.52. The van der Waals surface area contributed by atoms with Gasteiger partial charge in [0.25, 0.3) is 5.56 Å². The minimum absolute atomic E-state index is 0.173. The van der Waals surface area contributed by atoms with E-state index in [2.05, 4.69) is 10.6 Å². The Morgan fingerprint density at radius 1 is 0.966 bits per heavy atom. The summed E-state index contributed by atoms with van der Waals surface area (Å²) in [5.41, 5.74) is 0.251. The van der Waals surface area contributed by atoms with Gasteiger partial charge in [-0.2, -0.15) is 0 Å². The van der Waals surface area contributed by atoms with E-state index in [4.69, 9.17) is 9.47 Å². The van der Waals surface area contributed by atoms with Crippen LogP contribution in [0.1, 0.15) is 0 Å². The van der Waals surface area contributed by atoms with Crippen LogP contribution in [0.5, 0.6) is 11.5 Å². The molecule has 0 unspecified atom stereocenters. The third kappa shape index (κ3) is 4.73. The van der Waals surface area contributed by atoms with E-state index < -0.39 is 11.8 Å². The van der Waals surface area contributed by atoms with E-state index in [-0.39, 0.29) is 18.6 Å². The number of methoxy groups -OCH3 is 2. The van der Waals surface area contributed by atoms with Gasteiger partial charge in [-0.05, 0) is 29.7 Å². The molecule has 2 amide bonds. The number of pyridine rings is 1. The maximum absolute atomic E-state index is 12.4. The number of carbonyl (C=O) groups excluding carboxylic acids is 2. The van der Waals surface area contributed by atoms with Crippen molar-refractivity contribution in [1.82, 2.24) is 9.88 Å². The predicted octanol–water partition coefficient (Wildman–Crippen LogP) is 1.77. The molecular weight excluding hydrogens is 374 g/mol. The van der Waals surface area contributed by atoms with Crippen molar-refractivity contribution in [2.24, 2.45) is 0 Å². The van der Waals surface area contributed by atoms with Crippen LogP contribution >= 0.6 is 0 Å². The molecule has 0 aliphatic heterocycles. The number of benzene rings is 2. The standard InChI is InChI=1S/C21H21N3O5/c1-28-17-8-7-15(11-18(17)29-2)23-19(25)12-22-20(26)13-24-10-9-14-5-3-4-6-16(14)21(24)27/h3-11H,12-13H2,1-2H3,(H,22,26)(H,23,25). The van der Waals surface area contributed by atoms with E-state index in [9.17, 15) is 14.4 Å². The first kappa shape index (κ1) is 19.9. The number of carbonyl (C=O) groups is 2. The summed E-state index contributed by atoms with van der Waals surface area (Å²) in [7, 11) is 3.02. The summed E-state index contributed by atoms with van der Waals surface area (Å²) in [6.45, 7) is -0.400. The van der Waals surface area contributed by atoms with Gasteiger partial charge >= 0.3 is 0 Å². The van der Waals surface area contributed by atoms with Crippen LogP contribution in [-0.4, -0.2) is 37.1 Å². The van der Waals surface area contributed by atoms with E-state index in [0.29, 0.717) is 22.6 Å². The smallest absolute Gasteiger partial charge is 0.258 e. The zero-order valence-corrected chi connectivity index (χ0v) is 16.1. The van der Waals surface area contributed by atoms with Gasteiger partial charge < -0.3 is 24.7 Å². The average Bonchev–Trinajstić information content (AvgIpc) is 2.74. The van der Waals surface area contributed by atoms with Crippen molar-refractivity contribution in [2.45, 2.75) is 6.54 Å². The highest BCUT2D eigenvalue weighted by atomic mass is 16.5. The highest BCUT2D eigenvalue weighted by molar-refractivity contribution is 5.94. The predicted molar refractivity (Wildman–Crippen MR) is 109 cm³/mol. The zero-order chi connectivity index (χ0) is 20.8. The molecule has 0 aliphatic carbocycles. The Balaban J connectivity index is 1.57. The molecule has 0 spiro atoms. The molecule has 2 aromatic carbocycles. The lowest BCUT2D eigenvalue weighted by molar-refractivity contribution is -0.124. The maximum atomic E-state index is 12.4. The minimum Gasteiger partial charge on any atom is -0.493 e. The van der Waals surface area contributed by atoms with Crippen molar-refractivity contribution in [3.05, 3.63) is 65.1 Å². The Hall–Kier alpha value is -3.81. The fourth-order valence-corrected chi connectivity index (χ4v) is 2.86.